The van der Waals surface area contributed by atoms with E-state index in [2.05, 4.69) is 5.32 Å². The van der Waals surface area contributed by atoms with Crippen molar-refractivity contribution in [2.45, 2.75) is 6.17 Å². The molecule has 1 aliphatic rings. The topological polar surface area (TPSA) is 64.3 Å². The average Bonchev–Trinajstić information content (AvgIpc) is 1.64. The van der Waals surface area contributed by atoms with Crippen LogP contribution in [0.2, 0.25) is 0 Å². The average molecular weight is 116 g/mol. The molecule has 0 radical (unpaired) electrons. The van der Waals surface area contributed by atoms with Gasteiger partial charge >= 0.3 is 0 Å². The number of carbonyl (C=O) groups is 1. The number of carbonyl (C=O) groups excluding carboxylic acids is 1. The number of nitrogens with one attached hydrogen (secondary N) is 1. The molecule has 0 aromatic rings. The second kappa shape index (κ2) is 2.11. The highest BCUT2D eigenvalue weighted by atomic mass is 16.5. The highest BCUT2D eigenvalue weighted by Crippen LogP contribution is 1.85. The molecule has 1 rings (SSSR count). The van der Waals surface area contributed by atoms with Gasteiger partial charge in [-0.05, 0) is 0 Å². The van der Waals surface area contributed by atoms with Gasteiger partial charge in [0, 0.05) is 0 Å². The third-order valence-corrected chi connectivity index (χ3v) is 0.877. The fourth-order valence-electron chi connectivity index (χ4n) is 0.569. The first-order valence-corrected chi connectivity index (χ1v) is 2.42. The lowest BCUT2D eigenvalue weighted by Gasteiger charge is -2.18. The van der Waals surface area contributed by atoms with E-state index in [1.165, 1.54) is 0 Å². The molecule has 1 fully saturated rings. The van der Waals surface area contributed by atoms with Crippen LogP contribution in [0.4, 0.5) is 0 Å². The van der Waals surface area contributed by atoms with Gasteiger partial charge in [-0.15, -0.1) is 0 Å². The standard InChI is InChI=1S/C4H8N2O2/c5-3-1-8-2-4(7)6-3/h3H,1-2,5H2,(H,6,7). The maximum atomic E-state index is 10.4. The Morgan fingerprint density at radius 3 is 3.00 bits per heavy atom. The Morgan fingerprint density at radius 1 is 1.88 bits per heavy atom. The van der Waals surface area contributed by atoms with Gasteiger partial charge in [-0.3, -0.25) is 4.79 Å². The Balaban J connectivity index is 2.34. The van der Waals surface area contributed by atoms with E-state index in [1.54, 1.807) is 0 Å². The van der Waals surface area contributed by atoms with Crippen molar-refractivity contribution in [2.24, 2.45) is 5.73 Å². The van der Waals surface area contributed by atoms with Crippen LogP contribution in [0, 0.1) is 0 Å². The SMILES string of the molecule is NC1COCC(=O)N1. The molecule has 0 spiro atoms. The van der Waals surface area contributed by atoms with Crippen molar-refractivity contribution in [3.8, 4) is 0 Å². The molecule has 4 nitrogen and oxygen atoms in total. The van der Waals surface area contributed by atoms with Crippen molar-refractivity contribution in [1.29, 1.82) is 0 Å². The minimum absolute atomic E-state index is 0.135. The first-order valence-electron chi connectivity index (χ1n) is 2.42. The van der Waals surface area contributed by atoms with E-state index in [0.717, 1.165) is 0 Å². The van der Waals surface area contributed by atoms with Crippen LogP contribution in [0.3, 0.4) is 0 Å². The Bertz CT molecular complexity index is 104. The lowest BCUT2D eigenvalue weighted by atomic mass is 10.4. The summed E-state index contributed by atoms with van der Waals surface area (Å²) < 4.78 is 4.76. The first-order chi connectivity index (χ1) is 3.79. The zero-order valence-corrected chi connectivity index (χ0v) is 4.39. The van der Waals surface area contributed by atoms with Crippen molar-refractivity contribution < 1.29 is 9.53 Å². The molecular weight excluding hydrogens is 108 g/mol. The van der Waals surface area contributed by atoms with E-state index >= 15 is 0 Å². The predicted octanol–water partition coefficient (Wildman–Crippen LogP) is -1.58. The molecule has 0 aromatic heterocycles. The molecule has 1 amide bonds. The Morgan fingerprint density at radius 2 is 2.62 bits per heavy atom. The molecule has 1 saturated heterocycles. The number of hydrogen-bond donors (Lipinski definition) is 2. The van der Waals surface area contributed by atoms with Gasteiger partial charge in [0.2, 0.25) is 5.91 Å². The summed E-state index contributed by atoms with van der Waals surface area (Å²) in [6, 6.07) is 0. The zero-order valence-electron chi connectivity index (χ0n) is 4.39. The van der Waals surface area contributed by atoms with E-state index in [4.69, 9.17) is 10.5 Å². The van der Waals surface area contributed by atoms with Crippen LogP contribution < -0.4 is 11.1 Å². The van der Waals surface area contributed by atoms with E-state index in [9.17, 15) is 4.79 Å². The fraction of sp³-hybridized carbons (Fsp3) is 0.750. The van der Waals surface area contributed by atoms with Gasteiger partial charge in [0.15, 0.2) is 0 Å². The van der Waals surface area contributed by atoms with Gasteiger partial charge in [-0.25, -0.2) is 0 Å². The lowest BCUT2D eigenvalue weighted by molar-refractivity contribution is -0.131. The zero-order chi connectivity index (χ0) is 5.98. The lowest BCUT2D eigenvalue weighted by Crippen LogP contribution is -2.50. The summed E-state index contributed by atoms with van der Waals surface area (Å²) in [6.45, 7) is 0.569. The molecular formula is C4H8N2O2. The summed E-state index contributed by atoms with van der Waals surface area (Å²) in [5, 5.41) is 2.49. The smallest absolute Gasteiger partial charge is 0.247 e. The van der Waals surface area contributed by atoms with Crippen LogP contribution in [0.15, 0.2) is 0 Å². The van der Waals surface area contributed by atoms with Crippen molar-refractivity contribution in [3.63, 3.8) is 0 Å². The molecule has 3 N–H and O–H groups in total. The van der Waals surface area contributed by atoms with Crippen molar-refractivity contribution in [2.75, 3.05) is 13.2 Å². The summed E-state index contributed by atoms with van der Waals surface area (Å²) in [4.78, 5) is 10.4. The molecule has 0 aromatic carbocycles. The van der Waals surface area contributed by atoms with Crippen molar-refractivity contribution >= 4 is 5.91 Å². The van der Waals surface area contributed by atoms with Crippen LogP contribution in [0.5, 0.6) is 0 Å². The van der Waals surface area contributed by atoms with E-state index in [-0.39, 0.29) is 18.7 Å². The largest absolute Gasteiger partial charge is 0.368 e. The minimum atomic E-state index is -0.309. The summed E-state index contributed by atoms with van der Waals surface area (Å²) in [5.74, 6) is -0.135. The number of ether oxygens (including phenoxy) is 1. The van der Waals surface area contributed by atoms with Crippen LogP contribution in [0.1, 0.15) is 0 Å². The van der Waals surface area contributed by atoms with Gasteiger partial charge in [-0.2, -0.15) is 0 Å². The number of rotatable bonds is 0. The monoisotopic (exact) mass is 116 g/mol. The second-order valence-electron chi connectivity index (χ2n) is 1.69. The summed E-state index contributed by atoms with van der Waals surface area (Å²) >= 11 is 0. The van der Waals surface area contributed by atoms with Gasteiger partial charge < -0.3 is 15.8 Å². The van der Waals surface area contributed by atoms with Crippen LogP contribution in [-0.2, 0) is 9.53 Å². The molecule has 1 atom stereocenters. The van der Waals surface area contributed by atoms with Gasteiger partial charge in [0.25, 0.3) is 0 Å². The molecule has 46 valence electrons. The third-order valence-electron chi connectivity index (χ3n) is 0.877. The number of hydrogen-bond acceptors (Lipinski definition) is 3. The van der Waals surface area contributed by atoms with Gasteiger partial charge in [0.05, 0.1) is 6.61 Å². The molecule has 4 heteroatoms. The maximum Gasteiger partial charge on any atom is 0.247 e. The Hall–Kier alpha value is -0.610. The molecule has 8 heavy (non-hydrogen) atoms. The summed E-state index contributed by atoms with van der Waals surface area (Å²) in [6.07, 6.45) is -0.309. The van der Waals surface area contributed by atoms with E-state index < -0.39 is 0 Å². The minimum Gasteiger partial charge on any atom is -0.368 e. The molecule has 0 saturated carbocycles. The van der Waals surface area contributed by atoms with E-state index in [0.29, 0.717) is 6.61 Å². The number of nitrogens with two attached hydrogens (primary N) is 1. The second-order valence-corrected chi connectivity index (χ2v) is 1.69. The van der Waals surface area contributed by atoms with E-state index in [1.807, 2.05) is 0 Å². The first kappa shape index (κ1) is 5.53. The number of amides is 1. The van der Waals surface area contributed by atoms with Crippen molar-refractivity contribution in [1.82, 2.24) is 5.32 Å². The Kier molecular flexibility index (Phi) is 1.45. The van der Waals surface area contributed by atoms with Crippen molar-refractivity contribution in [3.05, 3.63) is 0 Å². The third kappa shape index (κ3) is 1.18. The number of morpholine rings is 1. The summed E-state index contributed by atoms with van der Waals surface area (Å²) in [7, 11) is 0. The van der Waals surface area contributed by atoms with Crippen LogP contribution >= 0.6 is 0 Å². The van der Waals surface area contributed by atoms with Gasteiger partial charge in [-0.1, -0.05) is 0 Å². The molecule has 1 unspecified atom stereocenters. The normalized spacial score (nSPS) is 29.6. The molecule has 1 aliphatic heterocycles. The quantitative estimate of drug-likeness (QED) is 0.401. The van der Waals surface area contributed by atoms with Crippen LogP contribution in [-0.4, -0.2) is 25.3 Å². The fourth-order valence-corrected chi connectivity index (χ4v) is 0.569. The maximum absolute atomic E-state index is 10.4. The highest BCUT2D eigenvalue weighted by molar-refractivity contribution is 5.77. The predicted molar refractivity (Wildman–Crippen MR) is 26.9 cm³/mol. The molecule has 0 bridgehead atoms. The summed E-state index contributed by atoms with van der Waals surface area (Å²) in [5.41, 5.74) is 5.27. The Labute approximate surface area is 47.0 Å². The van der Waals surface area contributed by atoms with Gasteiger partial charge in [0.1, 0.15) is 12.8 Å². The molecule has 1 heterocycles. The molecule has 0 aliphatic carbocycles. The highest BCUT2D eigenvalue weighted by Gasteiger charge is 2.13. The van der Waals surface area contributed by atoms with Crippen LogP contribution in [0.25, 0.3) is 0 Å².